The molecule has 3 rings (SSSR count). The van der Waals surface area contributed by atoms with Gasteiger partial charge < -0.3 is 10.2 Å². The second-order valence-corrected chi connectivity index (χ2v) is 5.97. The Morgan fingerprint density at radius 1 is 1.40 bits per heavy atom. The fourth-order valence-corrected chi connectivity index (χ4v) is 3.04. The van der Waals surface area contributed by atoms with Crippen LogP contribution in [0.5, 0.6) is 0 Å². The maximum atomic E-state index is 12.2. The third-order valence-corrected chi connectivity index (χ3v) is 4.21. The monoisotopic (exact) mass is 288 g/mol. The molecule has 20 heavy (non-hydrogen) atoms. The molecule has 1 amide bonds. The van der Waals surface area contributed by atoms with Gasteiger partial charge in [-0.15, -0.1) is 11.3 Å². The number of thiazole rings is 1. The van der Waals surface area contributed by atoms with Gasteiger partial charge in [0.1, 0.15) is 0 Å². The van der Waals surface area contributed by atoms with Gasteiger partial charge in [-0.25, -0.2) is 4.98 Å². The first kappa shape index (κ1) is 13.1. The topological polar surface area (TPSA) is 57.3 Å². The number of hydrogen-bond acceptors (Lipinski definition) is 5. The van der Waals surface area contributed by atoms with Crippen LogP contribution < -0.4 is 15.5 Å². The zero-order valence-corrected chi connectivity index (χ0v) is 12.3. The SMILES string of the molecule is CN(C)c1cccc(C(=O)Nc2nc3c(s2)CNC3)c1. The number of nitrogens with one attached hydrogen (secondary N) is 2. The van der Waals surface area contributed by atoms with E-state index < -0.39 is 0 Å². The van der Waals surface area contributed by atoms with Gasteiger partial charge in [0.2, 0.25) is 0 Å². The molecular weight excluding hydrogens is 272 g/mol. The van der Waals surface area contributed by atoms with Crippen LogP contribution >= 0.6 is 11.3 Å². The zero-order valence-electron chi connectivity index (χ0n) is 11.4. The van der Waals surface area contributed by atoms with Crippen molar-refractivity contribution in [3.05, 3.63) is 40.4 Å². The van der Waals surface area contributed by atoms with Crippen molar-refractivity contribution in [1.82, 2.24) is 10.3 Å². The molecular formula is C14H16N4OS. The van der Waals surface area contributed by atoms with Crippen molar-refractivity contribution in [2.24, 2.45) is 0 Å². The maximum Gasteiger partial charge on any atom is 0.257 e. The fraction of sp³-hybridized carbons (Fsp3) is 0.286. The first-order valence-corrected chi connectivity index (χ1v) is 7.23. The lowest BCUT2D eigenvalue weighted by molar-refractivity contribution is 0.102. The van der Waals surface area contributed by atoms with Crippen LogP contribution in [0.2, 0.25) is 0 Å². The van der Waals surface area contributed by atoms with E-state index in [1.807, 2.05) is 43.3 Å². The summed E-state index contributed by atoms with van der Waals surface area (Å²) in [5, 5.41) is 6.78. The molecule has 6 heteroatoms. The molecule has 0 fully saturated rings. The van der Waals surface area contributed by atoms with Crippen molar-refractivity contribution in [1.29, 1.82) is 0 Å². The lowest BCUT2D eigenvalue weighted by Crippen LogP contribution is -2.14. The highest BCUT2D eigenvalue weighted by Crippen LogP contribution is 2.26. The van der Waals surface area contributed by atoms with Crippen molar-refractivity contribution in [2.75, 3.05) is 24.3 Å². The Bertz CT molecular complexity index is 629. The number of nitrogens with zero attached hydrogens (tertiary/aromatic N) is 2. The minimum Gasteiger partial charge on any atom is -0.378 e. The van der Waals surface area contributed by atoms with Crippen LogP contribution in [-0.4, -0.2) is 25.0 Å². The number of aromatic nitrogens is 1. The summed E-state index contributed by atoms with van der Waals surface area (Å²) in [5.74, 6) is -0.117. The molecule has 0 saturated heterocycles. The molecule has 1 aromatic heterocycles. The Morgan fingerprint density at radius 2 is 2.25 bits per heavy atom. The molecule has 0 radical (unpaired) electrons. The first-order valence-electron chi connectivity index (χ1n) is 6.41. The first-order chi connectivity index (χ1) is 9.63. The Morgan fingerprint density at radius 3 is 3.00 bits per heavy atom. The summed E-state index contributed by atoms with van der Waals surface area (Å²) in [6, 6.07) is 7.54. The number of carbonyl (C=O) groups is 1. The van der Waals surface area contributed by atoms with E-state index in [1.165, 1.54) is 16.2 Å². The molecule has 0 unspecified atom stereocenters. The van der Waals surface area contributed by atoms with Gasteiger partial charge in [-0.2, -0.15) is 0 Å². The predicted molar refractivity (Wildman–Crippen MR) is 81.4 cm³/mol. The van der Waals surface area contributed by atoms with Gasteiger partial charge >= 0.3 is 0 Å². The lowest BCUT2D eigenvalue weighted by Gasteiger charge is -2.13. The van der Waals surface area contributed by atoms with Gasteiger partial charge in [0, 0.05) is 43.3 Å². The van der Waals surface area contributed by atoms with Gasteiger partial charge in [0.15, 0.2) is 5.13 Å². The predicted octanol–water partition coefficient (Wildman–Crippen LogP) is 2.06. The van der Waals surface area contributed by atoms with E-state index in [0.29, 0.717) is 10.7 Å². The van der Waals surface area contributed by atoms with Crippen molar-refractivity contribution in [3.8, 4) is 0 Å². The van der Waals surface area contributed by atoms with Crippen molar-refractivity contribution in [2.45, 2.75) is 13.1 Å². The van der Waals surface area contributed by atoms with Crippen molar-refractivity contribution < 1.29 is 4.79 Å². The summed E-state index contributed by atoms with van der Waals surface area (Å²) >= 11 is 1.54. The summed E-state index contributed by atoms with van der Waals surface area (Å²) in [4.78, 5) is 19.8. The Hall–Kier alpha value is -1.92. The van der Waals surface area contributed by atoms with E-state index in [4.69, 9.17) is 0 Å². The summed E-state index contributed by atoms with van der Waals surface area (Å²) in [5.41, 5.74) is 2.69. The van der Waals surface area contributed by atoms with Crippen LogP contribution in [-0.2, 0) is 13.1 Å². The molecule has 1 aliphatic heterocycles. The number of anilines is 2. The normalized spacial score (nSPS) is 13.1. The van der Waals surface area contributed by atoms with Gasteiger partial charge in [-0.3, -0.25) is 10.1 Å². The van der Waals surface area contributed by atoms with Crippen LogP contribution in [0.1, 0.15) is 20.9 Å². The van der Waals surface area contributed by atoms with Crippen LogP contribution in [0.3, 0.4) is 0 Å². The Kier molecular flexibility index (Phi) is 3.42. The average molecular weight is 288 g/mol. The molecule has 2 heterocycles. The highest BCUT2D eigenvalue weighted by atomic mass is 32.1. The molecule has 0 spiro atoms. The summed E-state index contributed by atoms with van der Waals surface area (Å²) in [6.07, 6.45) is 0. The third-order valence-electron chi connectivity index (χ3n) is 3.20. The van der Waals surface area contributed by atoms with E-state index >= 15 is 0 Å². The highest BCUT2D eigenvalue weighted by Gasteiger charge is 2.17. The Labute approximate surface area is 121 Å². The summed E-state index contributed by atoms with van der Waals surface area (Å²) in [6.45, 7) is 1.64. The third kappa shape index (κ3) is 2.52. The van der Waals surface area contributed by atoms with Crippen LogP contribution in [0, 0.1) is 0 Å². The van der Waals surface area contributed by atoms with Crippen molar-refractivity contribution >= 4 is 28.1 Å². The van der Waals surface area contributed by atoms with Crippen molar-refractivity contribution in [3.63, 3.8) is 0 Å². The van der Waals surface area contributed by atoms with E-state index in [2.05, 4.69) is 15.6 Å². The minimum absolute atomic E-state index is 0.117. The number of carbonyl (C=O) groups excluding carboxylic acids is 1. The molecule has 5 nitrogen and oxygen atoms in total. The van der Waals surface area contributed by atoms with Gasteiger partial charge in [-0.1, -0.05) is 6.07 Å². The summed E-state index contributed by atoms with van der Waals surface area (Å²) in [7, 11) is 3.91. The Balaban J connectivity index is 1.77. The quantitative estimate of drug-likeness (QED) is 0.908. The molecule has 2 aromatic rings. The molecule has 0 aliphatic carbocycles. The molecule has 0 saturated carbocycles. The molecule has 0 atom stereocenters. The van der Waals surface area contributed by atoms with Crippen LogP contribution in [0.25, 0.3) is 0 Å². The molecule has 1 aromatic carbocycles. The van der Waals surface area contributed by atoms with E-state index in [9.17, 15) is 4.79 Å². The van der Waals surface area contributed by atoms with E-state index in [-0.39, 0.29) is 5.91 Å². The van der Waals surface area contributed by atoms with Crippen LogP contribution in [0.15, 0.2) is 24.3 Å². The average Bonchev–Trinajstić information content (AvgIpc) is 2.99. The maximum absolute atomic E-state index is 12.2. The van der Waals surface area contributed by atoms with E-state index in [1.54, 1.807) is 0 Å². The van der Waals surface area contributed by atoms with Gasteiger partial charge in [0.25, 0.3) is 5.91 Å². The van der Waals surface area contributed by atoms with Crippen LogP contribution in [0.4, 0.5) is 10.8 Å². The second-order valence-electron chi connectivity index (χ2n) is 4.89. The molecule has 1 aliphatic rings. The number of amides is 1. The zero-order chi connectivity index (χ0) is 14.1. The number of hydrogen-bond donors (Lipinski definition) is 2. The minimum atomic E-state index is -0.117. The molecule has 0 bridgehead atoms. The highest BCUT2D eigenvalue weighted by molar-refractivity contribution is 7.15. The smallest absolute Gasteiger partial charge is 0.257 e. The standard InChI is InChI=1S/C14H16N4OS/c1-18(2)10-5-3-4-9(6-10)13(19)17-14-16-11-7-15-8-12(11)20-14/h3-6,15H,7-8H2,1-2H3,(H,16,17,19). The van der Waals surface area contributed by atoms with Gasteiger partial charge in [0.05, 0.1) is 5.69 Å². The van der Waals surface area contributed by atoms with E-state index in [0.717, 1.165) is 24.5 Å². The van der Waals surface area contributed by atoms with Gasteiger partial charge in [-0.05, 0) is 18.2 Å². The lowest BCUT2D eigenvalue weighted by atomic mass is 10.2. The molecule has 104 valence electrons. The number of rotatable bonds is 3. The number of fused-ring (bicyclic) bond motifs is 1. The number of benzene rings is 1. The second kappa shape index (κ2) is 5.22. The largest absolute Gasteiger partial charge is 0.378 e. The summed E-state index contributed by atoms with van der Waals surface area (Å²) < 4.78 is 0. The molecule has 2 N–H and O–H groups in total. The fourth-order valence-electron chi connectivity index (χ4n) is 2.10.